The number of nitrogens with two attached hydrogens (primary N) is 1. The summed E-state index contributed by atoms with van der Waals surface area (Å²) < 4.78 is 23.4. The molecule has 19 heavy (non-hydrogen) atoms. The highest BCUT2D eigenvalue weighted by molar-refractivity contribution is 7.92. The second kappa shape index (κ2) is 6.56. The Morgan fingerprint density at radius 1 is 1.16 bits per heavy atom. The van der Waals surface area contributed by atoms with Gasteiger partial charge in [-0.2, -0.15) is 0 Å². The summed E-state index contributed by atoms with van der Waals surface area (Å²) in [5.74, 6) is 6.27. The van der Waals surface area contributed by atoms with Gasteiger partial charge in [0, 0.05) is 6.04 Å². The fourth-order valence-corrected chi connectivity index (χ4v) is 4.56. The molecule has 0 aromatic heterocycles. The van der Waals surface area contributed by atoms with Crippen LogP contribution in [0, 0.1) is 0 Å². The Kier molecular flexibility index (Phi) is 5.04. The van der Waals surface area contributed by atoms with E-state index in [4.69, 9.17) is 5.84 Å². The molecule has 0 spiro atoms. The van der Waals surface area contributed by atoms with Crippen molar-refractivity contribution >= 4 is 15.8 Å². The summed E-state index contributed by atoms with van der Waals surface area (Å²) in [5.41, 5.74) is 2.54. The third-order valence-electron chi connectivity index (χ3n) is 4.00. The van der Waals surface area contributed by atoms with Gasteiger partial charge in [0.2, 0.25) is 5.96 Å². The van der Waals surface area contributed by atoms with Gasteiger partial charge < -0.3 is 5.32 Å². The van der Waals surface area contributed by atoms with Gasteiger partial charge >= 0.3 is 0 Å². The Morgan fingerprint density at radius 2 is 1.89 bits per heavy atom. The zero-order valence-corrected chi connectivity index (χ0v) is 12.1. The van der Waals surface area contributed by atoms with Crippen molar-refractivity contribution in [3.05, 3.63) is 0 Å². The number of sulfone groups is 1. The second-order valence-corrected chi connectivity index (χ2v) is 7.84. The Labute approximate surface area is 115 Å². The fraction of sp³-hybridized carbons (Fsp3) is 0.917. The summed E-state index contributed by atoms with van der Waals surface area (Å²) in [6.45, 7) is 0.307. The van der Waals surface area contributed by atoms with Gasteiger partial charge in [0.05, 0.1) is 17.5 Å². The first-order chi connectivity index (χ1) is 9.12. The van der Waals surface area contributed by atoms with Gasteiger partial charge in [-0.3, -0.25) is 10.4 Å². The van der Waals surface area contributed by atoms with Crippen molar-refractivity contribution in [1.29, 1.82) is 0 Å². The molecule has 110 valence electrons. The molecule has 1 aliphatic carbocycles. The van der Waals surface area contributed by atoms with Crippen LogP contribution < -0.4 is 16.6 Å². The van der Waals surface area contributed by atoms with E-state index in [2.05, 4.69) is 15.7 Å². The average molecular weight is 288 g/mol. The quantitative estimate of drug-likeness (QED) is 0.300. The zero-order chi connectivity index (χ0) is 13.7. The van der Waals surface area contributed by atoms with Gasteiger partial charge in [0.1, 0.15) is 0 Å². The van der Waals surface area contributed by atoms with E-state index in [-0.39, 0.29) is 5.25 Å². The number of hydrazine groups is 1. The van der Waals surface area contributed by atoms with Crippen LogP contribution in [0.5, 0.6) is 0 Å². The van der Waals surface area contributed by atoms with Crippen molar-refractivity contribution in [1.82, 2.24) is 10.7 Å². The van der Waals surface area contributed by atoms with E-state index in [9.17, 15) is 8.42 Å². The largest absolute Gasteiger partial charge is 0.353 e. The van der Waals surface area contributed by atoms with Crippen molar-refractivity contribution in [3.63, 3.8) is 0 Å². The monoisotopic (exact) mass is 288 g/mol. The van der Waals surface area contributed by atoms with Crippen LogP contribution in [-0.2, 0) is 9.84 Å². The number of hydrogen-bond donors (Lipinski definition) is 3. The molecule has 2 fully saturated rings. The minimum atomic E-state index is -2.93. The summed E-state index contributed by atoms with van der Waals surface area (Å²) in [6, 6.07) is 0.406. The van der Waals surface area contributed by atoms with Crippen LogP contribution in [0.25, 0.3) is 0 Å². The van der Waals surface area contributed by atoms with Crippen molar-refractivity contribution in [2.24, 2.45) is 10.8 Å². The molecule has 6 nitrogen and oxygen atoms in total. The number of nitrogens with zero attached hydrogens (tertiary/aromatic N) is 1. The molecule has 7 heteroatoms. The van der Waals surface area contributed by atoms with E-state index in [0.29, 0.717) is 30.7 Å². The van der Waals surface area contributed by atoms with Crippen LogP contribution in [0.3, 0.4) is 0 Å². The molecule has 4 N–H and O–H groups in total. The molecule has 1 atom stereocenters. The molecule has 1 saturated heterocycles. The molecule has 2 rings (SSSR count). The molecule has 1 heterocycles. The number of hydrogen-bond acceptors (Lipinski definition) is 4. The summed E-state index contributed by atoms with van der Waals surface area (Å²) >= 11 is 0. The van der Waals surface area contributed by atoms with E-state index in [1.54, 1.807) is 0 Å². The number of guanidine groups is 1. The fourth-order valence-electron chi connectivity index (χ4n) is 2.83. The van der Waals surface area contributed by atoms with Crippen LogP contribution in [0.2, 0.25) is 0 Å². The first-order valence-electron chi connectivity index (χ1n) is 7.11. The normalized spacial score (nSPS) is 28.3. The van der Waals surface area contributed by atoms with Gasteiger partial charge in [-0.05, 0) is 25.7 Å². The topological polar surface area (TPSA) is 96.6 Å². The molecular formula is C12H24N4O2S. The highest BCUT2D eigenvalue weighted by Crippen LogP contribution is 2.20. The van der Waals surface area contributed by atoms with Crippen molar-refractivity contribution in [2.45, 2.75) is 56.2 Å². The van der Waals surface area contributed by atoms with E-state index >= 15 is 0 Å². The Hall–Kier alpha value is -0.820. The van der Waals surface area contributed by atoms with Gasteiger partial charge in [0.15, 0.2) is 9.84 Å². The number of aliphatic imine (C=N–C) groups is 1. The minimum absolute atomic E-state index is 0.300. The third kappa shape index (κ3) is 4.07. The lowest BCUT2D eigenvalue weighted by atomic mass is 9.96. The lowest BCUT2D eigenvalue weighted by Gasteiger charge is -2.24. The molecule has 1 aliphatic heterocycles. The number of rotatable bonds is 3. The van der Waals surface area contributed by atoms with Crippen molar-refractivity contribution in [2.75, 3.05) is 12.3 Å². The van der Waals surface area contributed by atoms with Crippen LogP contribution in [0.15, 0.2) is 4.99 Å². The SMILES string of the molecule is NNC(=NCC1CCCS1(=O)=O)NC1CCCCC1. The molecule has 0 radical (unpaired) electrons. The predicted octanol–water partition coefficient (Wildman–Crippen LogP) is 0.305. The minimum Gasteiger partial charge on any atom is -0.353 e. The Morgan fingerprint density at radius 3 is 2.47 bits per heavy atom. The van der Waals surface area contributed by atoms with Gasteiger partial charge in [-0.25, -0.2) is 14.3 Å². The maximum Gasteiger partial charge on any atom is 0.205 e. The number of nitrogens with one attached hydrogen (secondary N) is 2. The second-order valence-electron chi connectivity index (χ2n) is 5.44. The van der Waals surface area contributed by atoms with Crippen LogP contribution in [-0.4, -0.2) is 38.0 Å². The molecule has 1 unspecified atom stereocenters. The molecule has 0 aromatic rings. The lowest BCUT2D eigenvalue weighted by molar-refractivity contribution is 0.410. The highest BCUT2D eigenvalue weighted by Gasteiger charge is 2.31. The third-order valence-corrected chi connectivity index (χ3v) is 6.26. The van der Waals surface area contributed by atoms with E-state index in [1.807, 2.05) is 0 Å². The van der Waals surface area contributed by atoms with Gasteiger partial charge in [-0.1, -0.05) is 19.3 Å². The van der Waals surface area contributed by atoms with Crippen LogP contribution in [0.4, 0.5) is 0 Å². The van der Waals surface area contributed by atoms with Crippen molar-refractivity contribution < 1.29 is 8.42 Å². The van der Waals surface area contributed by atoms with Crippen LogP contribution in [0.1, 0.15) is 44.9 Å². The smallest absolute Gasteiger partial charge is 0.205 e. The molecule has 2 aliphatic rings. The molecule has 0 aromatic carbocycles. The lowest BCUT2D eigenvalue weighted by Crippen LogP contribution is -2.47. The van der Waals surface area contributed by atoms with E-state index in [1.165, 1.54) is 19.3 Å². The summed E-state index contributed by atoms with van der Waals surface area (Å²) in [5, 5.41) is 2.95. The molecule has 0 amide bonds. The van der Waals surface area contributed by atoms with E-state index < -0.39 is 9.84 Å². The van der Waals surface area contributed by atoms with Crippen LogP contribution >= 0.6 is 0 Å². The molecular weight excluding hydrogens is 264 g/mol. The predicted molar refractivity (Wildman–Crippen MR) is 76.4 cm³/mol. The first-order valence-corrected chi connectivity index (χ1v) is 8.82. The average Bonchev–Trinajstić information content (AvgIpc) is 2.75. The summed E-state index contributed by atoms with van der Waals surface area (Å²) in [4.78, 5) is 4.30. The van der Waals surface area contributed by atoms with E-state index in [0.717, 1.165) is 19.3 Å². The van der Waals surface area contributed by atoms with Gasteiger partial charge in [-0.15, -0.1) is 0 Å². The maximum absolute atomic E-state index is 11.7. The highest BCUT2D eigenvalue weighted by atomic mass is 32.2. The zero-order valence-electron chi connectivity index (χ0n) is 11.3. The summed E-state index contributed by atoms with van der Waals surface area (Å²) in [6.07, 6.45) is 7.47. The Balaban J connectivity index is 1.87. The first kappa shape index (κ1) is 14.6. The Bertz CT molecular complexity index is 415. The van der Waals surface area contributed by atoms with Crippen molar-refractivity contribution in [3.8, 4) is 0 Å². The molecule has 0 bridgehead atoms. The summed E-state index contributed by atoms with van der Waals surface area (Å²) in [7, 11) is -2.93. The van der Waals surface area contributed by atoms with Gasteiger partial charge in [0.25, 0.3) is 0 Å². The molecule has 1 saturated carbocycles. The maximum atomic E-state index is 11.7. The standard InChI is InChI=1S/C12H24N4O2S/c13-16-12(15-10-5-2-1-3-6-10)14-9-11-7-4-8-19(11,17)18/h10-11H,1-9,13H2,(H2,14,15,16).